The van der Waals surface area contributed by atoms with Gasteiger partial charge in [-0.05, 0) is 29.0 Å². The Hall–Kier alpha value is -0.980. The highest BCUT2D eigenvalue weighted by atomic mass is 15.1. The first kappa shape index (κ1) is 9.57. The molecule has 0 atom stereocenters. The Morgan fingerprint density at radius 2 is 1.93 bits per heavy atom. The maximum Gasteiger partial charge on any atom is 0.0399 e. The molecule has 0 saturated carbocycles. The molecule has 0 unspecified atom stereocenters. The average molecular weight is 189 g/mol. The first-order valence-corrected chi connectivity index (χ1v) is 5.33. The van der Waals surface area contributed by atoms with Gasteiger partial charge in [-0.15, -0.1) is 0 Å². The van der Waals surface area contributed by atoms with Gasteiger partial charge < -0.3 is 4.90 Å². The molecule has 14 heavy (non-hydrogen) atoms. The summed E-state index contributed by atoms with van der Waals surface area (Å²) in [5.74, 6) is 0. The Bertz CT molecular complexity index is 347. The highest BCUT2D eigenvalue weighted by Crippen LogP contribution is 2.35. The molecule has 0 saturated heterocycles. The lowest BCUT2D eigenvalue weighted by atomic mass is 9.83. The van der Waals surface area contributed by atoms with Crippen molar-refractivity contribution in [2.45, 2.75) is 32.6 Å². The van der Waals surface area contributed by atoms with Crippen molar-refractivity contribution in [2.24, 2.45) is 0 Å². The minimum Gasteiger partial charge on any atom is -0.374 e. The third-order valence-corrected chi connectivity index (χ3v) is 3.07. The SMILES string of the molecule is CN1CCc2c1cccc2C(C)(C)C. The highest BCUT2D eigenvalue weighted by molar-refractivity contribution is 5.61. The van der Waals surface area contributed by atoms with E-state index in [1.54, 1.807) is 5.56 Å². The van der Waals surface area contributed by atoms with Crippen molar-refractivity contribution in [1.29, 1.82) is 0 Å². The molecular weight excluding hydrogens is 170 g/mol. The van der Waals surface area contributed by atoms with Crippen LogP contribution in [0.5, 0.6) is 0 Å². The van der Waals surface area contributed by atoms with E-state index in [1.165, 1.54) is 24.2 Å². The zero-order chi connectivity index (χ0) is 10.3. The second-order valence-corrected chi connectivity index (χ2v) is 5.22. The van der Waals surface area contributed by atoms with Crippen molar-refractivity contribution in [3.05, 3.63) is 29.3 Å². The number of nitrogens with zero attached hydrogens (tertiary/aromatic N) is 1. The molecule has 1 aliphatic rings. The smallest absolute Gasteiger partial charge is 0.0399 e. The van der Waals surface area contributed by atoms with Gasteiger partial charge in [0.25, 0.3) is 0 Å². The van der Waals surface area contributed by atoms with E-state index in [0.29, 0.717) is 0 Å². The third-order valence-electron chi connectivity index (χ3n) is 3.07. The first-order valence-electron chi connectivity index (χ1n) is 5.33. The van der Waals surface area contributed by atoms with Crippen LogP contribution < -0.4 is 4.90 Å². The van der Waals surface area contributed by atoms with Crippen molar-refractivity contribution in [3.8, 4) is 0 Å². The van der Waals surface area contributed by atoms with Crippen LogP contribution in [-0.2, 0) is 11.8 Å². The van der Waals surface area contributed by atoms with E-state index in [-0.39, 0.29) is 5.41 Å². The van der Waals surface area contributed by atoms with Crippen LogP contribution in [-0.4, -0.2) is 13.6 Å². The van der Waals surface area contributed by atoms with Crippen molar-refractivity contribution in [3.63, 3.8) is 0 Å². The van der Waals surface area contributed by atoms with E-state index < -0.39 is 0 Å². The topological polar surface area (TPSA) is 3.24 Å². The van der Waals surface area contributed by atoms with Crippen molar-refractivity contribution >= 4 is 5.69 Å². The number of likely N-dealkylation sites (N-methyl/N-ethyl adjacent to an activating group) is 1. The van der Waals surface area contributed by atoms with Crippen molar-refractivity contribution in [1.82, 2.24) is 0 Å². The molecule has 1 aromatic rings. The summed E-state index contributed by atoms with van der Waals surface area (Å²) < 4.78 is 0. The summed E-state index contributed by atoms with van der Waals surface area (Å²) in [5.41, 5.74) is 4.77. The number of hydrogen-bond acceptors (Lipinski definition) is 1. The summed E-state index contributed by atoms with van der Waals surface area (Å²) in [7, 11) is 2.18. The van der Waals surface area contributed by atoms with E-state index >= 15 is 0 Å². The van der Waals surface area contributed by atoms with E-state index in [2.05, 4.69) is 50.9 Å². The molecule has 1 aromatic carbocycles. The fourth-order valence-corrected chi connectivity index (χ4v) is 2.30. The Labute approximate surface area is 86.7 Å². The predicted octanol–water partition coefficient (Wildman–Crippen LogP) is 2.98. The second kappa shape index (κ2) is 3.01. The molecule has 1 heteroatoms. The number of fused-ring (bicyclic) bond motifs is 1. The molecule has 0 radical (unpaired) electrons. The Kier molecular flexibility index (Phi) is 2.06. The summed E-state index contributed by atoms with van der Waals surface area (Å²) in [6.45, 7) is 8.05. The molecule has 0 fully saturated rings. The molecule has 0 bridgehead atoms. The predicted molar refractivity (Wildman–Crippen MR) is 62.1 cm³/mol. The van der Waals surface area contributed by atoms with Crippen LogP contribution in [0.4, 0.5) is 5.69 Å². The number of hydrogen-bond donors (Lipinski definition) is 0. The summed E-state index contributed by atoms with van der Waals surface area (Å²) in [5, 5.41) is 0. The first-order chi connectivity index (χ1) is 6.50. The van der Waals surface area contributed by atoms with Crippen LogP contribution >= 0.6 is 0 Å². The van der Waals surface area contributed by atoms with Gasteiger partial charge in [-0.1, -0.05) is 32.9 Å². The number of benzene rings is 1. The van der Waals surface area contributed by atoms with Crippen LogP contribution in [0.2, 0.25) is 0 Å². The molecule has 0 aromatic heterocycles. The fraction of sp³-hybridized carbons (Fsp3) is 0.538. The Balaban J connectivity index is 2.55. The van der Waals surface area contributed by atoms with E-state index in [1.807, 2.05) is 0 Å². The highest BCUT2D eigenvalue weighted by Gasteiger charge is 2.24. The maximum absolute atomic E-state index is 2.35. The van der Waals surface area contributed by atoms with Gasteiger partial charge in [-0.25, -0.2) is 0 Å². The maximum atomic E-state index is 2.35. The quantitative estimate of drug-likeness (QED) is 0.606. The molecule has 1 aliphatic heterocycles. The van der Waals surface area contributed by atoms with Gasteiger partial charge in [0, 0.05) is 19.3 Å². The number of rotatable bonds is 0. The van der Waals surface area contributed by atoms with Crippen LogP contribution in [0.25, 0.3) is 0 Å². The summed E-state index contributed by atoms with van der Waals surface area (Å²) in [4.78, 5) is 2.35. The molecule has 0 spiro atoms. The van der Waals surface area contributed by atoms with Crippen molar-refractivity contribution < 1.29 is 0 Å². The number of anilines is 1. The second-order valence-electron chi connectivity index (χ2n) is 5.22. The van der Waals surface area contributed by atoms with Crippen molar-refractivity contribution in [2.75, 3.05) is 18.5 Å². The summed E-state index contributed by atoms with van der Waals surface area (Å²) in [6.07, 6.45) is 1.21. The zero-order valence-corrected chi connectivity index (χ0v) is 9.59. The standard InChI is InChI=1S/C13H19N/c1-13(2,3)11-6-5-7-12-10(11)8-9-14(12)4/h5-7H,8-9H2,1-4H3. The minimum absolute atomic E-state index is 0.274. The summed E-state index contributed by atoms with van der Waals surface area (Å²) >= 11 is 0. The molecular formula is C13H19N. The van der Waals surface area contributed by atoms with Gasteiger partial charge >= 0.3 is 0 Å². The Morgan fingerprint density at radius 3 is 2.57 bits per heavy atom. The molecule has 1 nitrogen and oxygen atoms in total. The zero-order valence-electron chi connectivity index (χ0n) is 9.59. The van der Waals surface area contributed by atoms with Crippen LogP contribution in [0.3, 0.4) is 0 Å². The van der Waals surface area contributed by atoms with Gasteiger partial charge in [0.2, 0.25) is 0 Å². The molecule has 0 amide bonds. The lowest BCUT2D eigenvalue weighted by Crippen LogP contribution is -2.14. The normalized spacial score (nSPS) is 15.9. The molecule has 1 heterocycles. The van der Waals surface area contributed by atoms with Gasteiger partial charge in [-0.2, -0.15) is 0 Å². The lowest BCUT2D eigenvalue weighted by Gasteiger charge is -2.23. The Morgan fingerprint density at radius 1 is 1.21 bits per heavy atom. The van der Waals surface area contributed by atoms with E-state index in [4.69, 9.17) is 0 Å². The summed E-state index contributed by atoms with van der Waals surface area (Å²) in [6, 6.07) is 6.69. The van der Waals surface area contributed by atoms with Gasteiger partial charge in [0.1, 0.15) is 0 Å². The average Bonchev–Trinajstić information content (AvgIpc) is 2.46. The van der Waals surface area contributed by atoms with Crippen LogP contribution in [0.15, 0.2) is 18.2 Å². The van der Waals surface area contributed by atoms with Crippen LogP contribution in [0.1, 0.15) is 31.9 Å². The lowest BCUT2D eigenvalue weighted by molar-refractivity contribution is 0.585. The fourth-order valence-electron chi connectivity index (χ4n) is 2.30. The van der Waals surface area contributed by atoms with Crippen LogP contribution in [0, 0.1) is 0 Å². The molecule has 76 valence electrons. The largest absolute Gasteiger partial charge is 0.374 e. The monoisotopic (exact) mass is 189 g/mol. The molecule has 0 aliphatic carbocycles. The van der Waals surface area contributed by atoms with E-state index in [0.717, 1.165) is 0 Å². The molecule has 2 rings (SSSR count). The minimum atomic E-state index is 0.274. The van der Waals surface area contributed by atoms with E-state index in [9.17, 15) is 0 Å². The van der Waals surface area contributed by atoms with Gasteiger partial charge in [0.05, 0.1) is 0 Å². The third kappa shape index (κ3) is 1.41. The van der Waals surface area contributed by atoms with Gasteiger partial charge in [0.15, 0.2) is 0 Å². The van der Waals surface area contributed by atoms with Gasteiger partial charge in [-0.3, -0.25) is 0 Å². The molecule has 0 N–H and O–H groups in total.